The minimum absolute atomic E-state index is 0.0420. The molecule has 0 aliphatic heterocycles. The highest BCUT2D eigenvalue weighted by atomic mass is 16.5. The Bertz CT molecular complexity index is 862. The Morgan fingerprint density at radius 2 is 1.63 bits per heavy atom. The molecule has 0 radical (unpaired) electrons. The predicted molar refractivity (Wildman–Crippen MR) is 105 cm³/mol. The van der Waals surface area contributed by atoms with Crippen LogP contribution in [0.15, 0.2) is 71.3 Å². The summed E-state index contributed by atoms with van der Waals surface area (Å²) < 4.78 is 5.39. The molecular weight excluding hydrogens is 338 g/mol. The first-order chi connectivity index (χ1) is 13.0. The van der Waals surface area contributed by atoms with Crippen molar-refractivity contribution in [1.29, 1.82) is 0 Å². The maximum absolute atomic E-state index is 12.7. The molecule has 5 nitrogen and oxygen atoms in total. The van der Waals surface area contributed by atoms with Crippen LogP contribution in [-0.2, 0) is 13.1 Å². The van der Waals surface area contributed by atoms with Gasteiger partial charge in [-0.15, -0.1) is 0 Å². The van der Waals surface area contributed by atoms with Crippen molar-refractivity contribution in [2.45, 2.75) is 26.1 Å². The smallest absolute Gasteiger partial charge is 0.276 e. The molecule has 0 fully saturated rings. The summed E-state index contributed by atoms with van der Waals surface area (Å²) in [5, 5.41) is 3.98. The predicted octanol–water partition coefficient (Wildman–Crippen LogP) is 4.14. The summed E-state index contributed by atoms with van der Waals surface area (Å²) in [5.41, 5.74) is 2.65. The average molecular weight is 363 g/mol. The summed E-state index contributed by atoms with van der Waals surface area (Å²) >= 11 is 0. The third-order valence-electron chi connectivity index (χ3n) is 4.68. The van der Waals surface area contributed by atoms with E-state index in [4.69, 9.17) is 4.52 Å². The molecule has 0 saturated carbocycles. The number of aromatic nitrogens is 1. The lowest BCUT2D eigenvalue weighted by Gasteiger charge is -2.24. The van der Waals surface area contributed by atoms with Gasteiger partial charge in [-0.25, -0.2) is 0 Å². The van der Waals surface area contributed by atoms with Crippen LogP contribution in [0.1, 0.15) is 40.3 Å². The van der Waals surface area contributed by atoms with Gasteiger partial charge in [-0.1, -0.05) is 65.8 Å². The van der Waals surface area contributed by atoms with Gasteiger partial charge in [0.1, 0.15) is 0 Å². The van der Waals surface area contributed by atoms with E-state index in [-0.39, 0.29) is 11.9 Å². The van der Waals surface area contributed by atoms with Crippen molar-refractivity contribution in [3.63, 3.8) is 0 Å². The molecule has 1 heterocycles. The molecular formula is C22H25N3O2. The van der Waals surface area contributed by atoms with E-state index in [0.29, 0.717) is 18.0 Å². The second-order valence-electron chi connectivity index (χ2n) is 6.84. The number of hydrogen-bond donors (Lipinski definition) is 0. The maximum atomic E-state index is 12.7. The number of carbonyl (C=O) groups excluding carboxylic acids is 1. The van der Waals surface area contributed by atoms with E-state index in [1.807, 2.05) is 62.5 Å². The molecule has 0 aliphatic carbocycles. The highest BCUT2D eigenvalue weighted by Gasteiger charge is 2.22. The van der Waals surface area contributed by atoms with Gasteiger partial charge in [-0.3, -0.25) is 9.69 Å². The number of amides is 1. The van der Waals surface area contributed by atoms with E-state index < -0.39 is 0 Å². The van der Waals surface area contributed by atoms with Gasteiger partial charge in [0, 0.05) is 19.7 Å². The van der Waals surface area contributed by atoms with E-state index in [0.717, 1.165) is 12.1 Å². The summed E-state index contributed by atoms with van der Waals surface area (Å²) in [6.45, 7) is 3.39. The standard InChI is InChI=1S/C22H25N3O2/c1-17(19-12-8-5-9-13-19)25(3)22(26)21-14-20(27-23-21)16-24(2)15-18-10-6-4-7-11-18/h4-14,17H,15-16H2,1-3H3/t17-/m0/s1. The molecule has 27 heavy (non-hydrogen) atoms. The Morgan fingerprint density at radius 3 is 2.30 bits per heavy atom. The fourth-order valence-electron chi connectivity index (χ4n) is 3.02. The van der Waals surface area contributed by atoms with Gasteiger partial charge in [-0.2, -0.15) is 0 Å². The fourth-order valence-corrected chi connectivity index (χ4v) is 3.02. The van der Waals surface area contributed by atoms with Gasteiger partial charge in [0.2, 0.25) is 0 Å². The van der Waals surface area contributed by atoms with Crippen molar-refractivity contribution in [3.8, 4) is 0 Å². The van der Waals surface area contributed by atoms with Crippen LogP contribution in [-0.4, -0.2) is 35.0 Å². The molecule has 0 unspecified atom stereocenters. The molecule has 2 aromatic carbocycles. The summed E-state index contributed by atoms with van der Waals surface area (Å²) in [6, 6.07) is 21.9. The van der Waals surface area contributed by atoms with Crippen LogP contribution in [0.4, 0.5) is 0 Å². The van der Waals surface area contributed by atoms with Gasteiger partial charge < -0.3 is 9.42 Å². The molecule has 3 aromatic rings. The summed E-state index contributed by atoms with van der Waals surface area (Å²) in [4.78, 5) is 16.5. The van der Waals surface area contributed by atoms with Crippen LogP contribution in [0.3, 0.4) is 0 Å². The normalized spacial score (nSPS) is 12.1. The molecule has 1 amide bonds. The van der Waals surface area contributed by atoms with E-state index in [1.165, 1.54) is 5.56 Å². The lowest BCUT2D eigenvalue weighted by Crippen LogP contribution is -2.29. The van der Waals surface area contributed by atoms with E-state index in [2.05, 4.69) is 22.2 Å². The van der Waals surface area contributed by atoms with Gasteiger partial charge in [-0.05, 0) is 25.1 Å². The number of hydrogen-bond acceptors (Lipinski definition) is 4. The van der Waals surface area contributed by atoms with Crippen LogP contribution in [0.25, 0.3) is 0 Å². The lowest BCUT2D eigenvalue weighted by atomic mass is 10.1. The second-order valence-corrected chi connectivity index (χ2v) is 6.84. The highest BCUT2D eigenvalue weighted by Crippen LogP contribution is 2.20. The molecule has 0 aliphatic rings. The zero-order valence-corrected chi connectivity index (χ0v) is 16.0. The Balaban J connectivity index is 1.61. The molecule has 1 atom stereocenters. The summed E-state index contributed by atoms with van der Waals surface area (Å²) in [7, 11) is 3.80. The van der Waals surface area contributed by atoms with E-state index >= 15 is 0 Å². The van der Waals surface area contributed by atoms with Crippen molar-refractivity contribution in [2.24, 2.45) is 0 Å². The lowest BCUT2D eigenvalue weighted by molar-refractivity contribution is 0.0732. The molecule has 3 rings (SSSR count). The van der Waals surface area contributed by atoms with Crippen molar-refractivity contribution in [3.05, 3.63) is 89.3 Å². The Labute approximate surface area is 160 Å². The third kappa shape index (κ3) is 4.83. The SMILES string of the molecule is C[C@@H](c1ccccc1)N(C)C(=O)c1cc(CN(C)Cc2ccccc2)on1. The molecule has 0 bridgehead atoms. The molecule has 0 N–H and O–H groups in total. The van der Waals surface area contributed by atoms with Crippen LogP contribution in [0, 0.1) is 0 Å². The zero-order valence-electron chi connectivity index (χ0n) is 16.0. The molecule has 5 heteroatoms. The largest absolute Gasteiger partial charge is 0.359 e. The topological polar surface area (TPSA) is 49.6 Å². The van der Waals surface area contributed by atoms with Gasteiger partial charge in [0.05, 0.1) is 12.6 Å². The molecule has 0 spiro atoms. The third-order valence-corrected chi connectivity index (χ3v) is 4.68. The van der Waals surface area contributed by atoms with Crippen LogP contribution in [0.2, 0.25) is 0 Å². The van der Waals surface area contributed by atoms with Crippen LogP contribution < -0.4 is 0 Å². The maximum Gasteiger partial charge on any atom is 0.276 e. The average Bonchev–Trinajstić information content (AvgIpc) is 3.16. The van der Waals surface area contributed by atoms with E-state index in [9.17, 15) is 4.79 Å². The first-order valence-electron chi connectivity index (χ1n) is 9.04. The number of rotatable bonds is 7. The highest BCUT2D eigenvalue weighted by molar-refractivity contribution is 5.92. The monoisotopic (exact) mass is 363 g/mol. The van der Waals surface area contributed by atoms with Crippen molar-refractivity contribution in [2.75, 3.05) is 14.1 Å². The Hall–Kier alpha value is -2.92. The minimum atomic E-state index is -0.146. The summed E-state index contributed by atoms with van der Waals surface area (Å²) in [5.74, 6) is 0.532. The van der Waals surface area contributed by atoms with Crippen molar-refractivity contribution < 1.29 is 9.32 Å². The Morgan fingerprint density at radius 1 is 1.00 bits per heavy atom. The number of carbonyl (C=O) groups is 1. The van der Waals surface area contributed by atoms with Gasteiger partial charge >= 0.3 is 0 Å². The van der Waals surface area contributed by atoms with Gasteiger partial charge in [0.25, 0.3) is 5.91 Å². The molecule has 140 valence electrons. The van der Waals surface area contributed by atoms with Gasteiger partial charge in [0.15, 0.2) is 11.5 Å². The van der Waals surface area contributed by atoms with Crippen LogP contribution in [0.5, 0.6) is 0 Å². The first kappa shape index (κ1) is 18.9. The number of nitrogens with zero attached hydrogens (tertiary/aromatic N) is 3. The number of benzene rings is 2. The quantitative estimate of drug-likeness (QED) is 0.633. The summed E-state index contributed by atoms with van der Waals surface area (Å²) in [6.07, 6.45) is 0. The zero-order chi connectivity index (χ0) is 19.2. The van der Waals surface area contributed by atoms with E-state index in [1.54, 1.807) is 18.0 Å². The van der Waals surface area contributed by atoms with Crippen molar-refractivity contribution in [1.82, 2.24) is 15.0 Å². The Kier molecular flexibility index (Phi) is 6.04. The molecule has 0 saturated heterocycles. The van der Waals surface area contributed by atoms with Crippen molar-refractivity contribution >= 4 is 5.91 Å². The fraction of sp³-hybridized carbons (Fsp3) is 0.273. The molecule has 1 aromatic heterocycles. The second kappa shape index (κ2) is 8.64. The minimum Gasteiger partial charge on any atom is -0.359 e. The van der Waals surface area contributed by atoms with Crippen LogP contribution >= 0.6 is 0 Å². The first-order valence-corrected chi connectivity index (χ1v) is 9.04.